The predicted molar refractivity (Wildman–Crippen MR) is 89.3 cm³/mol. The van der Waals surface area contributed by atoms with Crippen molar-refractivity contribution in [2.75, 3.05) is 12.9 Å². The molecule has 1 aromatic heterocycles. The maximum Gasteiger partial charge on any atom is 0.341 e. The number of nitrogens with one attached hydrogen (secondary N) is 1. The molecule has 0 spiro atoms. The number of aromatic nitrogens is 1. The fourth-order valence-corrected chi connectivity index (χ4v) is 2.56. The van der Waals surface area contributed by atoms with Crippen molar-refractivity contribution in [1.29, 1.82) is 0 Å². The van der Waals surface area contributed by atoms with Crippen LogP contribution in [0, 0.1) is 0 Å². The highest BCUT2D eigenvalue weighted by Crippen LogP contribution is 2.17. The van der Waals surface area contributed by atoms with E-state index in [0.29, 0.717) is 10.6 Å². The van der Waals surface area contributed by atoms with E-state index in [9.17, 15) is 9.59 Å². The Kier molecular flexibility index (Phi) is 6.17. The number of pyridine rings is 1. The molecule has 23 heavy (non-hydrogen) atoms. The minimum atomic E-state index is -0.551. The van der Waals surface area contributed by atoms with Crippen LogP contribution in [0.15, 0.2) is 53.7 Å². The summed E-state index contributed by atoms with van der Waals surface area (Å²) in [6, 6.07) is 12.7. The van der Waals surface area contributed by atoms with Gasteiger partial charge in [-0.1, -0.05) is 30.3 Å². The molecule has 1 atom stereocenters. The van der Waals surface area contributed by atoms with Crippen LogP contribution in [0.4, 0.5) is 0 Å². The van der Waals surface area contributed by atoms with Gasteiger partial charge in [0.2, 0.25) is 0 Å². The molecular formula is C17H18N2O3S. The summed E-state index contributed by atoms with van der Waals surface area (Å²) in [5.41, 5.74) is 1.35. The largest absolute Gasteiger partial charge is 0.452 e. The molecule has 5 nitrogen and oxygen atoms in total. The SMILES string of the molecule is CSc1ncccc1C(=O)OCC(=O)NC(C)c1ccccc1. The molecule has 1 heterocycles. The van der Waals surface area contributed by atoms with Crippen LogP contribution < -0.4 is 5.32 Å². The van der Waals surface area contributed by atoms with E-state index >= 15 is 0 Å². The molecule has 0 bridgehead atoms. The van der Waals surface area contributed by atoms with Crippen LogP contribution in [0.3, 0.4) is 0 Å². The Hall–Kier alpha value is -2.34. The Bertz CT molecular complexity index is 677. The summed E-state index contributed by atoms with van der Waals surface area (Å²) in [5, 5.41) is 3.37. The van der Waals surface area contributed by atoms with Crippen LogP contribution in [0.2, 0.25) is 0 Å². The summed E-state index contributed by atoms with van der Waals surface area (Å²) in [5.74, 6) is -0.894. The molecule has 2 rings (SSSR count). The number of esters is 1. The lowest BCUT2D eigenvalue weighted by Crippen LogP contribution is -2.31. The lowest BCUT2D eigenvalue weighted by molar-refractivity contribution is -0.124. The fourth-order valence-electron chi connectivity index (χ4n) is 2.03. The van der Waals surface area contributed by atoms with E-state index in [4.69, 9.17) is 4.74 Å². The summed E-state index contributed by atoms with van der Waals surface area (Å²) >= 11 is 1.35. The molecule has 120 valence electrons. The van der Waals surface area contributed by atoms with E-state index < -0.39 is 5.97 Å². The lowest BCUT2D eigenvalue weighted by atomic mass is 10.1. The fraction of sp³-hybridized carbons (Fsp3) is 0.235. The van der Waals surface area contributed by atoms with E-state index in [0.717, 1.165) is 5.56 Å². The molecule has 6 heteroatoms. The summed E-state index contributed by atoms with van der Waals surface area (Å²) in [6.45, 7) is 1.56. The Morgan fingerprint density at radius 1 is 1.22 bits per heavy atom. The molecule has 0 saturated heterocycles. The number of hydrogen-bond acceptors (Lipinski definition) is 5. The number of hydrogen-bond donors (Lipinski definition) is 1. The number of nitrogens with zero attached hydrogens (tertiary/aromatic N) is 1. The summed E-state index contributed by atoms with van der Waals surface area (Å²) in [7, 11) is 0. The second-order valence-corrected chi connectivity index (χ2v) is 5.63. The van der Waals surface area contributed by atoms with Crippen LogP contribution >= 0.6 is 11.8 Å². The molecule has 0 aliphatic rings. The Balaban J connectivity index is 1.88. The first-order valence-corrected chi connectivity index (χ1v) is 8.34. The smallest absolute Gasteiger partial charge is 0.341 e. The van der Waals surface area contributed by atoms with Crippen molar-refractivity contribution in [1.82, 2.24) is 10.3 Å². The molecule has 0 aliphatic heterocycles. The van der Waals surface area contributed by atoms with Gasteiger partial charge in [0.1, 0.15) is 5.03 Å². The summed E-state index contributed by atoms with van der Waals surface area (Å²) in [6.07, 6.45) is 3.43. The van der Waals surface area contributed by atoms with Gasteiger partial charge in [-0.2, -0.15) is 0 Å². The number of benzene rings is 1. The number of thioether (sulfide) groups is 1. The highest BCUT2D eigenvalue weighted by molar-refractivity contribution is 7.98. The molecule has 1 aromatic carbocycles. The molecule has 0 saturated carbocycles. The highest BCUT2D eigenvalue weighted by Gasteiger charge is 2.16. The first-order chi connectivity index (χ1) is 11.1. The third-order valence-electron chi connectivity index (χ3n) is 3.20. The maximum atomic E-state index is 12.0. The van der Waals surface area contributed by atoms with Gasteiger partial charge in [0, 0.05) is 6.20 Å². The molecular weight excluding hydrogens is 312 g/mol. The van der Waals surface area contributed by atoms with Gasteiger partial charge in [0.15, 0.2) is 6.61 Å². The molecule has 1 unspecified atom stereocenters. The molecule has 1 amide bonds. The van der Waals surface area contributed by atoms with Crippen molar-refractivity contribution in [3.63, 3.8) is 0 Å². The van der Waals surface area contributed by atoms with Crippen molar-refractivity contribution >= 4 is 23.6 Å². The Morgan fingerprint density at radius 2 is 1.96 bits per heavy atom. The Labute approximate surface area is 139 Å². The van der Waals surface area contributed by atoms with Gasteiger partial charge in [-0.25, -0.2) is 9.78 Å². The standard InChI is InChI=1S/C17H18N2O3S/c1-12(13-7-4-3-5-8-13)19-15(20)11-22-17(21)14-9-6-10-18-16(14)23-2/h3-10,12H,11H2,1-2H3,(H,19,20). The minimum Gasteiger partial charge on any atom is -0.452 e. The minimum absolute atomic E-state index is 0.150. The zero-order valence-corrected chi connectivity index (χ0v) is 13.8. The predicted octanol–water partition coefficient (Wildman–Crippen LogP) is 2.84. The average molecular weight is 330 g/mol. The monoisotopic (exact) mass is 330 g/mol. The van der Waals surface area contributed by atoms with E-state index in [-0.39, 0.29) is 18.6 Å². The van der Waals surface area contributed by atoms with Crippen LogP contribution in [-0.4, -0.2) is 29.7 Å². The Morgan fingerprint density at radius 3 is 2.65 bits per heavy atom. The van der Waals surface area contributed by atoms with E-state index in [1.54, 1.807) is 18.3 Å². The quantitative estimate of drug-likeness (QED) is 0.651. The third-order valence-corrected chi connectivity index (χ3v) is 3.91. The maximum absolute atomic E-state index is 12.0. The summed E-state index contributed by atoms with van der Waals surface area (Å²) in [4.78, 5) is 28.0. The van der Waals surface area contributed by atoms with Crippen molar-refractivity contribution in [3.05, 3.63) is 59.8 Å². The van der Waals surface area contributed by atoms with Gasteiger partial charge in [-0.3, -0.25) is 4.79 Å². The van der Waals surface area contributed by atoms with E-state index in [1.807, 2.05) is 43.5 Å². The topological polar surface area (TPSA) is 68.3 Å². The number of carbonyl (C=O) groups is 2. The van der Waals surface area contributed by atoms with Crippen LogP contribution in [0.5, 0.6) is 0 Å². The van der Waals surface area contributed by atoms with E-state index in [1.165, 1.54) is 11.8 Å². The molecule has 1 N–H and O–H groups in total. The highest BCUT2D eigenvalue weighted by atomic mass is 32.2. The van der Waals surface area contributed by atoms with Gasteiger partial charge in [-0.15, -0.1) is 11.8 Å². The first kappa shape index (κ1) is 17.0. The first-order valence-electron chi connectivity index (χ1n) is 7.12. The van der Waals surface area contributed by atoms with Gasteiger partial charge < -0.3 is 10.1 Å². The second kappa shape index (κ2) is 8.33. The molecule has 0 aliphatic carbocycles. The van der Waals surface area contributed by atoms with Gasteiger partial charge in [0.05, 0.1) is 11.6 Å². The zero-order valence-electron chi connectivity index (χ0n) is 13.0. The number of amides is 1. The van der Waals surface area contributed by atoms with E-state index in [2.05, 4.69) is 10.3 Å². The number of carbonyl (C=O) groups excluding carboxylic acids is 2. The van der Waals surface area contributed by atoms with Crippen LogP contribution in [0.1, 0.15) is 28.9 Å². The summed E-state index contributed by atoms with van der Waals surface area (Å²) < 4.78 is 5.06. The molecule has 0 fully saturated rings. The van der Waals surface area contributed by atoms with Crippen molar-refractivity contribution in [2.24, 2.45) is 0 Å². The van der Waals surface area contributed by atoms with Crippen molar-refractivity contribution in [3.8, 4) is 0 Å². The van der Waals surface area contributed by atoms with Gasteiger partial charge in [0.25, 0.3) is 5.91 Å². The zero-order chi connectivity index (χ0) is 16.7. The third kappa shape index (κ3) is 4.82. The number of rotatable bonds is 6. The number of ether oxygens (including phenoxy) is 1. The van der Waals surface area contributed by atoms with Crippen LogP contribution in [-0.2, 0) is 9.53 Å². The van der Waals surface area contributed by atoms with Crippen molar-refractivity contribution in [2.45, 2.75) is 18.0 Å². The van der Waals surface area contributed by atoms with Gasteiger partial charge in [-0.05, 0) is 30.9 Å². The normalized spacial score (nSPS) is 11.6. The van der Waals surface area contributed by atoms with Gasteiger partial charge >= 0.3 is 5.97 Å². The molecule has 2 aromatic rings. The van der Waals surface area contributed by atoms with Crippen molar-refractivity contribution < 1.29 is 14.3 Å². The van der Waals surface area contributed by atoms with Crippen LogP contribution in [0.25, 0.3) is 0 Å². The second-order valence-electron chi connectivity index (χ2n) is 4.84. The molecule has 0 radical (unpaired) electrons. The lowest BCUT2D eigenvalue weighted by Gasteiger charge is -2.14. The average Bonchev–Trinajstić information content (AvgIpc) is 2.60.